The van der Waals surface area contributed by atoms with Crippen molar-refractivity contribution < 1.29 is 9.50 Å². The van der Waals surface area contributed by atoms with Crippen LogP contribution in [0, 0.1) is 11.7 Å². The molecule has 1 unspecified atom stereocenters. The van der Waals surface area contributed by atoms with Crippen molar-refractivity contribution in [1.29, 1.82) is 0 Å². The van der Waals surface area contributed by atoms with Gasteiger partial charge in [0.1, 0.15) is 11.6 Å². The highest BCUT2D eigenvalue weighted by Gasteiger charge is 2.24. The standard InChI is InChI=1S/C15H23FN2O/c1-11(14-9-13(16)3-4-15(14)19)18-7-5-12(6-8-18)10-17-2/h3-4,9,11-12,17,19H,5-8,10H2,1-2H3. The molecule has 1 saturated heterocycles. The lowest BCUT2D eigenvalue weighted by Gasteiger charge is -2.36. The van der Waals surface area contributed by atoms with E-state index in [4.69, 9.17) is 0 Å². The van der Waals surface area contributed by atoms with E-state index >= 15 is 0 Å². The first-order valence-electron chi connectivity index (χ1n) is 6.99. The second-order valence-electron chi connectivity index (χ2n) is 5.42. The van der Waals surface area contributed by atoms with Crippen molar-refractivity contribution in [2.24, 2.45) is 5.92 Å². The van der Waals surface area contributed by atoms with Crippen LogP contribution < -0.4 is 5.32 Å². The third kappa shape index (κ3) is 3.45. The topological polar surface area (TPSA) is 35.5 Å². The van der Waals surface area contributed by atoms with Gasteiger partial charge in [0, 0.05) is 11.6 Å². The van der Waals surface area contributed by atoms with Crippen LogP contribution in [-0.2, 0) is 0 Å². The van der Waals surface area contributed by atoms with E-state index in [0.717, 1.165) is 38.4 Å². The highest BCUT2D eigenvalue weighted by molar-refractivity contribution is 5.35. The maximum Gasteiger partial charge on any atom is 0.123 e. The number of aromatic hydroxyl groups is 1. The van der Waals surface area contributed by atoms with Crippen molar-refractivity contribution in [3.05, 3.63) is 29.6 Å². The summed E-state index contributed by atoms with van der Waals surface area (Å²) in [6.07, 6.45) is 2.31. The van der Waals surface area contributed by atoms with Gasteiger partial charge in [0.25, 0.3) is 0 Å². The van der Waals surface area contributed by atoms with Crippen LogP contribution in [0.2, 0.25) is 0 Å². The molecule has 0 amide bonds. The zero-order valence-electron chi connectivity index (χ0n) is 11.7. The van der Waals surface area contributed by atoms with Crippen molar-refractivity contribution >= 4 is 0 Å². The summed E-state index contributed by atoms with van der Waals surface area (Å²) in [4.78, 5) is 2.32. The molecule has 2 rings (SSSR count). The summed E-state index contributed by atoms with van der Waals surface area (Å²) in [5.41, 5.74) is 0.687. The van der Waals surface area contributed by atoms with Crippen molar-refractivity contribution in [2.75, 3.05) is 26.7 Å². The SMILES string of the molecule is CNCC1CCN(C(C)c2cc(F)ccc2O)CC1. The lowest BCUT2D eigenvalue weighted by Crippen LogP contribution is -2.38. The van der Waals surface area contributed by atoms with Gasteiger partial charge >= 0.3 is 0 Å². The van der Waals surface area contributed by atoms with Gasteiger partial charge in [-0.05, 0) is 70.6 Å². The predicted molar refractivity (Wildman–Crippen MR) is 74.7 cm³/mol. The molecule has 0 aliphatic carbocycles. The first-order valence-corrected chi connectivity index (χ1v) is 6.99. The fourth-order valence-corrected chi connectivity index (χ4v) is 2.89. The number of halogens is 1. The van der Waals surface area contributed by atoms with E-state index in [1.165, 1.54) is 18.2 Å². The highest BCUT2D eigenvalue weighted by atomic mass is 19.1. The number of piperidine rings is 1. The summed E-state index contributed by atoms with van der Waals surface area (Å²) >= 11 is 0. The number of hydrogen-bond acceptors (Lipinski definition) is 3. The van der Waals surface area contributed by atoms with Gasteiger partial charge in [0.2, 0.25) is 0 Å². The molecule has 1 aliphatic rings. The van der Waals surface area contributed by atoms with Crippen LogP contribution in [0.3, 0.4) is 0 Å². The quantitative estimate of drug-likeness (QED) is 0.879. The van der Waals surface area contributed by atoms with Crippen molar-refractivity contribution in [3.8, 4) is 5.75 Å². The number of hydrogen-bond donors (Lipinski definition) is 2. The minimum atomic E-state index is -0.287. The molecule has 4 heteroatoms. The molecule has 1 aliphatic heterocycles. The smallest absolute Gasteiger partial charge is 0.123 e. The average molecular weight is 266 g/mol. The zero-order valence-corrected chi connectivity index (χ0v) is 11.7. The monoisotopic (exact) mass is 266 g/mol. The normalized spacial score (nSPS) is 19.5. The lowest BCUT2D eigenvalue weighted by molar-refractivity contribution is 0.139. The number of rotatable bonds is 4. The van der Waals surface area contributed by atoms with Crippen molar-refractivity contribution in [2.45, 2.75) is 25.8 Å². The van der Waals surface area contributed by atoms with Gasteiger partial charge in [-0.25, -0.2) is 4.39 Å². The first-order chi connectivity index (χ1) is 9.11. The van der Waals surface area contributed by atoms with Crippen LogP contribution in [0.5, 0.6) is 5.75 Å². The van der Waals surface area contributed by atoms with E-state index < -0.39 is 0 Å². The van der Waals surface area contributed by atoms with E-state index in [2.05, 4.69) is 10.2 Å². The van der Waals surface area contributed by atoms with E-state index in [-0.39, 0.29) is 17.6 Å². The highest BCUT2D eigenvalue weighted by Crippen LogP contribution is 2.31. The minimum Gasteiger partial charge on any atom is -0.508 e. The fraction of sp³-hybridized carbons (Fsp3) is 0.600. The molecule has 3 nitrogen and oxygen atoms in total. The molecule has 2 N–H and O–H groups in total. The zero-order chi connectivity index (χ0) is 13.8. The number of benzene rings is 1. The number of likely N-dealkylation sites (tertiary alicyclic amines) is 1. The van der Waals surface area contributed by atoms with Crippen LogP contribution >= 0.6 is 0 Å². The summed E-state index contributed by atoms with van der Waals surface area (Å²) in [6.45, 7) is 5.10. The summed E-state index contributed by atoms with van der Waals surface area (Å²) in [5.74, 6) is 0.630. The Kier molecular flexibility index (Phi) is 4.77. The molecular formula is C15H23FN2O. The van der Waals surface area contributed by atoms with Crippen LogP contribution in [0.1, 0.15) is 31.4 Å². The summed E-state index contributed by atoms with van der Waals surface area (Å²) in [5, 5.41) is 13.1. The Labute approximate surface area is 114 Å². The lowest BCUT2D eigenvalue weighted by atomic mass is 9.94. The van der Waals surface area contributed by atoms with Gasteiger partial charge < -0.3 is 10.4 Å². The Morgan fingerprint density at radius 3 is 2.74 bits per heavy atom. The molecule has 0 aromatic heterocycles. The molecule has 106 valence electrons. The first kappa shape index (κ1) is 14.3. The largest absolute Gasteiger partial charge is 0.508 e. The van der Waals surface area contributed by atoms with E-state index in [9.17, 15) is 9.50 Å². The van der Waals surface area contributed by atoms with Gasteiger partial charge in [0.15, 0.2) is 0 Å². The maximum absolute atomic E-state index is 13.3. The number of phenolic OH excluding ortho intramolecular Hbond substituents is 1. The Morgan fingerprint density at radius 1 is 1.42 bits per heavy atom. The molecule has 1 aromatic rings. The molecule has 1 fully saturated rings. The van der Waals surface area contributed by atoms with Gasteiger partial charge in [-0.15, -0.1) is 0 Å². The second-order valence-corrected chi connectivity index (χ2v) is 5.42. The minimum absolute atomic E-state index is 0.0613. The maximum atomic E-state index is 13.3. The molecule has 0 saturated carbocycles. The van der Waals surface area contributed by atoms with Gasteiger partial charge in [-0.1, -0.05) is 0 Å². The van der Waals surface area contributed by atoms with Crippen LogP contribution in [0.4, 0.5) is 4.39 Å². The molecule has 1 aromatic carbocycles. The molecule has 19 heavy (non-hydrogen) atoms. The number of phenols is 1. The Morgan fingerprint density at radius 2 is 2.11 bits per heavy atom. The van der Waals surface area contributed by atoms with Crippen molar-refractivity contribution in [3.63, 3.8) is 0 Å². The molecular weight excluding hydrogens is 243 g/mol. The molecule has 0 spiro atoms. The Hall–Kier alpha value is -1.13. The van der Waals surface area contributed by atoms with Crippen LogP contribution in [0.25, 0.3) is 0 Å². The summed E-state index contributed by atoms with van der Waals surface area (Å²) in [7, 11) is 1.99. The molecule has 0 bridgehead atoms. The predicted octanol–water partition coefficient (Wildman–Crippen LogP) is 2.52. The third-order valence-corrected chi connectivity index (χ3v) is 4.13. The Balaban J connectivity index is 2.01. The molecule has 1 atom stereocenters. The number of nitrogens with zero attached hydrogens (tertiary/aromatic N) is 1. The van der Waals surface area contributed by atoms with Crippen LogP contribution in [-0.4, -0.2) is 36.7 Å². The Bertz CT molecular complexity index is 417. The number of nitrogens with one attached hydrogen (secondary N) is 1. The molecule has 1 heterocycles. The van der Waals surface area contributed by atoms with E-state index in [0.29, 0.717) is 5.56 Å². The van der Waals surface area contributed by atoms with Gasteiger partial charge in [0.05, 0.1) is 0 Å². The summed E-state index contributed by atoms with van der Waals surface area (Å²) in [6, 6.07) is 4.24. The van der Waals surface area contributed by atoms with E-state index in [1.54, 1.807) is 0 Å². The van der Waals surface area contributed by atoms with E-state index in [1.807, 2.05) is 14.0 Å². The van der Waals surface area contributed by atoms with Gasteiger partial charge in [-0.3, -0.25) is 4.90 Å². The third-order valence-electron chi connectivity index (χ3n) is 4.13. The van der Waals surface area contributed by atoms with Crippen molar-refractivity contribution in [1.82, 2.24) is 10.2 Å². The van der Waals surface area contributed by atoms with Crippen LogP contribution in [0.15, 0.2) is 18.2 Å². The summed E-state index contributed by atoms with van der Waals surface area (Å²) < 4.78 is 13.3. The molecule has 0 radical (unpaired) electrons. The average Bonchev–Trinajstić information content (AvgIpc) is 2.42. The van der Waals surface area contributed by atoms with Gasteiger partial charge in [-0.2, -0.15) is 0 Å². The second kappa shape index (κ2) is 6.35. The fourth-order valence-electron chi connectivity index (χ4n) is 2.89.